The molecule has 0 saturated heterocycles. The Hall–Kier alpha value is -2.16. The first-order valence-electron chi connectivity index (χ1n) is 9.54. The van der Waals surface area contributed by atoms with Crippen LogP contribution in [0.3, 0.4) is 0 Å². The highest BCUT2D eigenvalue weighted by atomic mass is 16.6. The number of carbonyl (C=O) groups is 2. The van der Waals surface area contributed by atoms with E-state index in [0.29, 0.717) is 11.1 Å². The van der Waals surface area contributed by atoms with Gasteiger partial charge in [-0.1, -0.05) is 43.9 Å². The summed E-state index contributed by atoms with van der Waals surface area (Å²) in [6.07, 6.45) is 9.54. The number of hydrogen-bond acceptors (Lipinski definition) is 3. The third-order valence-corrected chi connectivity index (χ3v) is 6.01. The van der Waals surface area contributed by atoms with E-state index in [9.17, 15) is 9.59 Å². The number of cyclic esters (lactones) is 2. The lowest BCUT2D eigenvalue weighted by molar-refractivity contribution is 0.0390. The Kier molecular flexibility index (Phi) is 3.44. The molecule has 1 heterocycles. The Balaban J connectivity index is 1.62. The molecule has 0 aromatic heterocycles. The van der Waals surface area contributed by atoms with Gasteiger partial charge in [0.1, 0.15) is 0 Å². The first kappa shape index (κ1) is 15.1. The van der Waals surface area contributed by atoms with Crippen molar-refractivity contribution in [2.45, 2.75) is 51.4 Å². The molecule has 0 unspecified atom stereocenters. The molecule has 2 fully saturated rings. The fourth-order valence-corrected chi connectivity index (χ4v) is 4.10. The van der Waals surface area contributed by atoms with E-state index in [-0.39, 0.29) is 0 Å². The fourth-order valence-electron chi connectivity index (χ4n) is 4.10. The van der Waals surface area contributed by atoms with Crippen LogP contribution in [0.5, 0.6) is 0 Å². The number of carbonyl (C=O) groups excluding carboxylic acids is 2. The Bertz CT molecular complexity index is 888. The molecular formula is C22H22O3. The normalized spacial score (nSPS) is 19.4. The number of esters is 2. The molecule has 25 heavy (non-hydrogen) atoms. The average Bonchev–Trinajstić information content (AvgIpc) is 3.51. The maximum atomic E-state index is 12.5. The SMILES string of the molecule is O=C1OC(=O)c2c(CCC3CC3)ccc3c(CCC4CC4)ccc1c23. The van der Waals surface area contributed by atoms with Crippen molar-refractivity contribution < 1.29 is 14.3 Å². The standard InChI is InChI=1S/C22H22O3/c23-21-18-12-9-15(7-5-13-1-2-13)17-11-10-16(8-6-14-3-4-14)19(20(17)18)22(24)25-21/h9-14H,1-8H2. The van der Waals surface area contributed by atoms with Crippen LogP contribution in [0, 0.1) is 11.8 Å². The van der Waals surface area contributed by atoms with Gasteiger partial charge in [0.25, 0.3) is 0 Å². The van der Waals surface area contributed by atoms with Gasteiger partial charge in [0.05, 0.1) is 11.1 Å². The molecule has 2 aromatic rings. The highest BCUT2D eigenvalue weighted by molar-refractivity contribution is 6.21. The van der Waals surface area contributed by atoms with E-state index < -0.39 is 11.9 Å². The molecule has 0 spiro atoms. The second-order valence-corrected chi connectivity index (χ2v) is 7.94. The van der Waals surface area contributed by atoms with E-state index in [0.717, 1.165) is 47.4 Å². The first-order valence-corrected chi connectivity index (χ1v) is 9.54. The molecule has 1 aliphatic heterocycles. The molecule has 3 aliphatic rings. The third kappa shape index (κ3) is 2.76. The van der Waals surface area contributed by atoms with Gasteiger partial charge < -0.3 is 4.74 Å². The third-order valence-electron chi connectivity index (χ3n) is 6.01. The lowest BCUT2D eigenvalue weighted by Crippen LogP contribution is -2.21. The summed E-state index contributed by atoms with van der Waals surface area (Å²) in [7, 11) is 0. The molecule has 0 N–H and O–H groups in total. The van der Waals surface area contributed by atoms with Crippen LogP contribution in [0.2, 0.25) is 0 Å². The second kappa shape index (κ2) is 5.69. The summed E-state index contributed by atoms with van der Waals surface area (Å²) in [6.45, 7) is 0. The van der Waals surface area contributed by atoms with Crippen LogP contribution in [-0.2, 0) is 17.6 Å². The van der Waals surface area contributed by atoms with Gasteiger partial charge in [-0.05, 0) is 60.1 Å². The summed E-state index contributed by atoms with van der Waals surface area (Å²) in [5.74, 6) is 0.712. The van der Waals surface area contributed by atoms with Gasteiger partial charge in [-0.2, -0.15) is 0 Å². The minimum absolute atomic E-state index is 0.465. The summed E-state index contributed by atoms with van der Waals surface area (Å²) in [5, 5.41) is 1.90. The van der Waals surface area contributed by atoms with Gasteiger partial charge in [0.15, 0.2) is 0 Å². The van der Waals surface area contributed by atoms with E-state index in [1.165, 1.54) is 37.7 Å². The Morgan fingerprint density at radius 3 is 2.12 bits per heavy atom. The number of rotatable bonds is 6. The molecule has 128 valence electrons. The predicted octanol–water partition coefficient (Wildman–Crippen LogP) is 4.84. The molecule has 0 amide bonds. The summed E-state index contributed by atoms with van der Waals surface area (Å²) < 4.78 is 5.04. The molecule has 0 atom stereocenters. The minimum Gasteiger partial charge on any atom is -0.386 e. The van der Waals surface area contributed by atoms with E-state index in [2.05, 4.69) is 12.1 Å². The zero-order valence-corrected chi connectivity index (χ0v) is 14.3. The Morgan fingerprint density at radius 2 is 1.44 bits per heavy atom. The number of ether oxygens (including phenoxy) is 1. The van der Waals surface area contributed by atoms with Gasteiger partial charge in [0.2, 0.25) is 0 Å². The number of benzene rings is 2. The summed E-state index contributed by atoms with van der Waals surface area (Å²) in [5.41, 5.74) is 3.48. The zero-order chi connectivity index (χ0) is 17.0. The quantitative estimate of drug-likeness (QED) is 0.561. The maximum Gasteiger partial charge on any atom is 0.346 e. The Morgan fingerprint density at radius 1 is 0.800 bits per heavy atom. The van der Waals surface area contributed by atoms with Crippen molar-refractivity contribution in [2.24, 2.45) is 11.8 Å². The van der Waals surface area contributed by atoms with Crippen molar-refractivity contribution in [3.05, 3.63) is 46.5 Å². The van der Waals surface area contributed by atoms with Crippen LogP contribution >= 0.6 is 0 Å². The Labute approximate surface area is 147 Å². The second-order valence-electron chi connectivity index (χ2n) is 7.94. The molecule has 2 aliphatic carbocycles. The molecular weight excluding hydrogens is 312 g/mol. The summed E-state index contributed by atoms with van der Waals surface area (Å²) in [4.78, 5) is 24.7. The van der Waals surface area contributed by atoms with Crippen molar-refractivity contribution >= 4 is 22.7 Å². The average molecular weight is 334 g/mol. The van der Waals surface area contributed by atoms with Gasteiger partial charge in [-0.3, -0.25) is 0 Å². The molecule has 3 nitrogen and oxygen atoms in total. The van der Waals surface area contributed by atoms with Gasteiger partial charge in [-0.15, -0.1) is 0 Å². The van der Waals surface area contributed by atoms with Crippen LogP contribution in [0.4, 0.5) is 0 Å². The van der Waals surface area contributed by atoms with E-state index in [4.69, 9.17) is 4.74 Å². The van der Waals surface area contributed by atoms with Crippen LogP contribution in [0.15, 0.2) is 24.3 Å². The van der Waals surface area contributed by atoms with Crippen molar-refractivity contribution in [1.82, 2.24) is 0 Å². The zero-order valence-electron chi connectivity index (χ0n) is 14.3. The number of hydrogen-bond donors (Lipinski definition) is 0. The molecule has 0 bridgehead atoms. The van der Waals surface area contributed by atoms with Crippen molar-refractivity contribution in [1.29, 1.82) is 0 Å². The molecule has 5 rings (SSSR count). The molecule has 2 aromatic carbocycles. The number of aryl methyl sites for hydroxylation is 2. The van der Waals surface area contributed by atoms with E-state index >= 15 is 0 Å². The first-order chi connectivity index (χ1) is 12.2. The van der Waals surface area contributed by atoms with Gasteiger partial charge in [-0.25, -0.2) is 9.59 Å². The van der Waals surface area contributed by atoms with Crippen molar-refractivity contribution in [3.8, 4) is 0 Å². The molecule has 2 saturated carbocycles. The molecule has 3 heteroatoms. The molecule has 0 radical (unpaired) electrons. The van der Waals surface area contributed by atoms with Crippen LogP contribution in [-0.4, -0.2) is 11.9 Å². The maximum absolute atomic E-state index is 12.5. The lowest BCUT2D eigenvalue weighted by atomic mass is 9.88. The smallest absolute Gasteiger partial charge is 0.346 e. The minimum atomic E-state index is -0.504. The lowest BCUT2D eigenvalue weighted by Gasteiger charge is -2.20. The summed E-state index contributed by atoms with van der Waals surface area (Å²) >= 11 is 0. The van der Waals surface area contributed by atoms with Crippen LogP contribution in [0.1, 0.15) is 70.4 Å². The van der Waals surface area contributed by atoms with E-state index in [1.54, 1.807) is 0 Å². The predicted molar refractivity (Wildman–Crippen MR) is 95.8 cm³/mol. The fraction of sp³-hybridized carbons (Fsp3) is 0.455. The van der Waals surface area contributed by atoms with Crippen molar-refractivity contribution in [2.75, 3.05) is 0 Å². The topological polar surface area (TPSA) is 43.4 Å². The highest BCUT2D eigenvalue weighted by Gasteiger charge is 2.31. The van der Waals surface area contributed by atoms with Gasteiger partial charge in [0, 0.05) is 5.39 Å². The monoisotopic (exact) mass is 334 g/mol. The van der Waals surface area contributed by atoms with Crippen LogP contribution in [0.25, 0.3) is 10.8 Å². The van der Waals surface area contributed by atoms with E-state index in [1.807, 2.05) is 12.1 Å². The van der Waals surface area contributed by atoms with Crippen LogP contribution < -0.4 is 0 Å². The largest absolute Gasteiger partial charge is 0.386 e. The van der Waals surface area contributed by atoms with Crippen molar-refractivity contribution in [3.63, 3.8) is 0 Å². The summed E-state index contributed by atoms with van der Waals surface area (Å²) in [6, 6.07) is 8.11. The van der Waals surface area contributed by atoms with Gasteiger partial charge >= 0.3 is 11.9 Å². The highest BCUT2D eigenvalue weighted by Crippen LogP contribution is 2.39.